The van der Waals surface area contributed by atoms with E-state index in [1.54, 1.807) is 19.1 Å². The summed E-state index contributed by atoms with van der Waals surface area (Å²) in [6.45, 7) is 3.87. The van der Waals surface area contributed by atoms with E-state index in [0.717, 1.165) is 11.6 Å². The molecule has 18 heavy (non-hydrogen) atoms. The molecule has 0 unspecified atom stereocenters. The molecule has 1 rings (SSSR count). The maximum absolute atomic E-state index is 11.3. The van der Waals surface area contributed by atoms with Gasteiger partial charge < -0.3 is 9.84 Å². The first-order valence-electron chi connectivity index (χ1n) is 5.47. The first-order valence-corrected chi connectivity index (χ1v) is 5.47. The van der Waals surface area contributed by atoms with Crippen molar-refractivity contribution in [3.8, 4) is 0 Å². The van der Waals surface area contributed by atoms with E-state index in [0.29, 0.717) is 17.9 Å². The molecule has 0 heterocycles. The molecular formula is C13H15NO4. The Morgan fingerprint density at radius 2 is 2.11 bits per heavy atom. The maximum Gasteiger partial charge on any atom is 0.411 e. The van der Waals surface area contributed by atoms with Crippen LogP contribution in [0.2, 0.25) is 0 Å². The van der Waals surface area contributed by atoms with E-state index in [2.05, 4.69) is 5.32 Å². The predicted octanol–water partition coefficient (Wildman–Crippen LogP) is 2.66. The van der Waals surface area contributed by atoms with E-state index in [1.807, 2.05) is 13.0 Å². The molecule has 5 nitrogen and oxygen atoms in total. The summed E-state index contributed by atoms with van der Waals surface area (Å²) in [6, 6.07) is 5.26. The first-order chi connectivity index (χ1) is 8.51. The van der Waals surface area contributed by atoms with E-state index in [1.165, 1.54) is 6.08 Å². The van der Waals surface area contributed by atoms with Crippen LogP contribution in [0.1, 0.15) is 18.1 Å². The van der Waals surface area contributed by atoms with Gasteiger partial charge in [-0.2, -0.15) is 0 Å². The van der Waals surface area contributed by atoms with Gasteiger partial charge in [0, 0.05) is 11.8 Å². The summed E-state index contributed by atoms with van der Waals surface area (Å²) in [5.74, 6) is -1.02. The quantitative estimate of drug-likeness (QED) is 0.804. The minimum Gasteiger partial charge on any atom is -0.478 e. The summed E-state index contributed by atoms with van der Waals surface area (Å²) < 4.78 is 4.76. The molecule has 0 atom stereocenters. The number of benzene rings is 1. The van der Waals surface area contributed by atoms with Crippen LogP contribution in [-0.2, 0) is 9.53 Å². The van der Waals surface area contributed by atoms with Crippen molar-refractivity contribution >= 4 is 23.8 Å². The number of ether oxygens (including phenoxy) is 1. The first kappa shape index (κ1) is 13.8. The Morgan fingerprint density at radius 3 is 2.72 bits per heavy atom. The Morgan fingerprint density at radius 1 is 1.39 bits per heavy atom. The number of hydrogen-bond donors (Lipinski definition) is 2. The van der Waals surface area contributed by atoms with Crippen LogP contribution in [0.5, 0.6) is 0 Å². The highest BCUT2D eigenvalue weighted by molar-refractivity contribution is 5.87. The lowest BCUT2D eigenvalue weighted by molar-refractivity contribution is -0.131. The van der Waals surface area contributed by atoms with Crippen molar-refractivity contribution in [3.05, 3.63) is 35.4 Å². The monoisotopic (exact) mass is 249 g/mol. The van der Waals surface area contributed by atoms with Crippen molar-refractivity contribution in [3.63, 3.8) is 0 Å². The molecule has 1 aromatic rings. The molecule has 0 aliphatic heterocycles. The zero-order valence-corrected chi connectivity index (χ0v) is 10.3. The Labute approximate surface area is 105 Å². The van der Waals surface area contributed by atoms with Crippen LogP contribution in [0.15, 0.2) is 24.3 Å². The van der Waals surface area contributed by atoms with Gasteiger partial charge in [-0.15, -0.1) is 0 Å². The fourth-order valence-electron chi connectivity index (χ4n) is 1.43. The molecular weight excluding hydrogens is 234 g/mol. The van der Waals surface area contributed by atoms with Gasteiger partial charge in [0.15, 0.2) is 0 Å². The van der Waals surface area contributed by atoms with Crippen molar-refractivity contribution in [2.75, 3.05) is 11.9 Å². The van der Waals surface area contributed by atoms with Crippen LogP contribution in [-0.4, -0.2) is 23.8 Å². The average Bonchev–Trinajstić information content (AvgIpc) is 2.25. The molecule has 96 valence electrons. The van der Waals surface area contributed by atoms with Gasteiger partial charge in [0.2, 0.25) is 0 Å². The van der Waals surface area contributed by atoms with Crippen LogP contribution < -0.4 is 5.32 Å². The van der Waals surface area contributed by atoms with Crippen LogP contribution >= 0.6 is 0 Å². The third-order valence-corrected chi connectivity index (χ3v) is 2.04. The molecule has 5 heteroatoms. The van der Waals surface area contributed by atoms with Crippen molar-refractivity contribution in [2.45, 2.75) is 13.8 Å². The van der Waals surface area contributed by atoms with Crippen LogP contribution in [0.3, 0.4) is 0 Å². The number of carboxylic acid groups (broad SMARTS) is 1. The number of amides is 1. The van der Waals surface area contributed by atoms with Gasteiger partial charge in [0.05, 0.1) is 6.61 Å². The highest BCUT2D eigenvalue weighted by atomic mass is 16.5. The highest BCUT2D eigenvalue weighted by Crippen LogP contribution is 2.16. The van der Waals surface area contributed by atoms with Crippen molar-refractivity contribution in [1.82, 2.24) is 0 Å². The Bertz CT molecular complexity index is 480. The summed E-state index contributed by atoms with van der Waals surface area (Å²) >= 11 is 0. The molecule has 1 amide bonds. The summed E-state index contributed by atoms with van der Waals surface area (Å²) in [4.78, 5) is 21.7. The fourth-order valence-corrected chi connectivity index (χ4v) is 1.43. The average molecular weight is 249 g/mol. The summed E-state index contributed by atoms with van der Waals surface area (Å²) in [7, 11) is 0. The largest absolute Gasteiger partial charge is 0.478 e. The van der Waals surface area contributed by atoms with Gasteiger partial charge in [-0.25, -0.2) is 9.59 Å². The standard InChI is InChI=1S/C13H15NO4/c1-3-18-13(17)14-11-7-9(2)6-10(8-11)4-5-12(15)16/h4-8H,3H2,1-2H3,(H,14,17)(H,15,16)/b5-4+. The van der Waals surface area contributed by atoms with Crippen LogP contribution in [0.4, 0.5) is 10.5 Å². The normalized spacial score (nSPS) is 10.3. The Balaban J connectivity index is 2.87. The second-order valence-corrected chi connectivity index (χ2v) is 3.65. The fraction of sp³-hybridized carbons (Fsp3) is 0.231. The molecule has 0 aromatic heterocycles. The lowest BCUT2D eigenvalue weighted by Crippen LogP contribution is -2.13. The summed E-state index contributed by atoms with van der Waals surface area (Å²) in [6.07, 6.45) is 1.98. The molecule has 0 bridgehead atoms. The zero-order valence-electron chi connectivity index (χ0n) is 10.3. The minimum atomic E-state index is -1.02. The lowest BCUT2D eigenvalue weighted by Gasteiger charge is -2.07. The number of carboxylic acids is 1. The second-order valence-electron chi connectivity index (χ2n) is 3.65. The Kier molecular flexibility index (Phi) is 4.92. The molecule has 0 saturated carbocycles. The SMILES string of the molecule is CCOC(=O)Nc1cc(C)cc(/C=C/C(=O)O)c1. The van der Waals surface area contributed by atoms with Crippen LogP contribution in [0, 0.1) is 6.92 Å². The number of nitrogens with one attached hydrogen (secondary N) is 1. The number of aryl methyl sites for hydroxylation is 1. The minimum absolute atomic E-state index is 0.295. The van der Waals surface area contributed by atoms with Crippen molar-refractivity contribution in [1.29, 1.82) is 0 Å². The van der Waals surface area contributed by atoms with Crippen molar-refractivity contribution < 1.29 is 19.4 Å². The predicted molar refractivity (Wildman–Crippen MR) is 68.5 cm³/mol. The lowest BCUT2D eigenvalue weighted by atomic mass is 10.1. The number of carbonyl (C=O) groups is 2. The summed E-state index contributed by atoms with van der Waals surface area (Å²) in [5.41, 5.74) is 2.18. The van der Waals surface area contributed by atoms with Crippen LogP contribution in [0.25, 0.3) is 6.08 Å². The maximum atomic E-state index is 11.3. The van der Waals surface area contributed by atoms with Gasteiger partial charge in [0.1, 0.15) is 0 Å². The third kappa shape index (κ3) is 4.69. The smallest absolute Gasteiger partial charge is 0.411 e. The number of aliphatic carboxylic acids is 1. The number of anilines is 1. The molecule has 0 spiro atoms. The molecule has 1 aromatic carbocycles. The van der Waals surface area contributed by atoms with E-state index >= 15 is 0 Å². The zero-order chi connectivity index (χ0) is 13.5. The molecule has 0 fully saturated rings. The second kappa shape index (κ2) is 6.44. The molecule has 0 radical (unpaired) electrons. The number of rotatable bonds is 4. The van der Waals surface area contributed by atoms with Gasteiger partial charge in [-0.05, 0) is 43.2 Å². The van der Waals surface area contributed by atoms with Gasteiger partial charge in [0.25, 0.3) is 0 Å². The topological polar surface area (TPSA) is 75.6 Å². The van der Waals surface area contributed by atoms with E-state index in [4.69, 9.17) is 9.84 Å². The Hall–Kier alpha value is -2.30. The molecule has 2 N–H and O–H groups in total. The molecule has 0 saturated heterocycles. The van der Waals surface area contributed by atoms with E-state index in [9.17, 15) is 9.59 Å². The molecule has 0 aliphatic carbocycles. The highest BCUT2D eigenvalue weighted by Gasteiger charge is 2.03. The number of carbonyl (C=O) groups excluding carboxylic acids is 1. The van der Waals surface area contributed by atoms with Gasteiger partial charge in [-0.3, -0.25) is 5.32 Å². The van der Waals surface area contributed by atoms with Gasteiger partial charge >= 0.3 is 12.1 Å². The van der Waals surface area contributed by atoms with Crippen molar-refractivity contribution in [2.24, 2.45) is 0 Å². The van der Waals surface area contributed by atoms with Gasteiger partial charge in [-0.1, -0.05) is 6.07 Å². The molecule has 0 aliphatic rings. The van der Waals surface area contributed by atoms with E-state index < -0.39 is 12.1 Å². The number of hydrogen-bond acceptors (Lipinski definition) is 3. The van der Waals surface area contributed by atoms with E-state index in [-0.39, 0.29) is 0 Å². The summed E-state index contributed by atoms with van der Waals surface area (Å²) in [5, 5.41) is 11.1. The third-order valence-electron chi connectivity index (χ3n) is 2.04.